The van der Waals surface area contributed by atoms with E-state index in [0.29, 0.717) is 0 Å². The number of hydrogen-bond acceptors (Lipinski definition) is 3. The summed E-state index contributed by atoms with van der Waals surface area (Å²) in [7, 11) is 0. The van der Waals surface area contributed by atoms with Crippen molar-refractivity contribution in [3.63, 3.8) is 0 Å². The SMILES string of the molecule is Cc1ccn2cc(-c3csc(C)n3)nc2c1. The van der Waals surface area contributed by atoms with Crippen LogP contribution in [0.15, 0.2) is 29.9 Å². The highest BCUT2D eigenvalue weighted by Gasteiger charge is 2.06. The molecule has 3 aromatic rings. The third kappa shape index (κ3) is 1.51. The topological polar surface area (TPSA) is 30.2 Å². The molecule has 16 heavy (non-hydrogen) atoms. The van der Waals surface area contributed by atoms with Gasteiger partial charge in [-0.25, -0.2) is 9.97 Å². The van der Waals surface area contributed by atoms with Gasteiger partial charge in [0, 0.05) is 17.8 Å². The monoisotopic (exact) mass is 229 g/mol. The number of nitrogens with zero attached hydrogens (tertiary/aromatic N) is 3. The van der Waals surface area contributed by atoms with E-state index in [4.69, 9.17) is 0 Å². The number of thiazole rings is 1. The van der Waals surface area contributed by atoms with Crippen LogP contribution in [0, 0.1) is 13.8 Å². The molecule has 3 rings (SSSR count). The summed E-state index contributed by atoms with van der Waals surface area (Å²) in [6.45, 7) is 4.08. The Bertz CT molecular complexity index is 651. The van der Waals surface area contributed by atoms with Gasteiger partial charge in [-0.3, -0.25) is 0 Å². The molecule has 0 aliphatic carbocycles. The molecular formula is C12H11N3S. The van der Waals surface area contributed by atoms with Gasteiger partial charge < -0.3 is 4.40 Å². The molecule has 0 amide bonds. The molecule has 0 aromatic carbocycles. The van der Waals surface area contributed by atoms with Crippen molar-refractivity contribution < 1.29 is 0 Å². The fourth-order valence-corrected chi connectivity index (χ4v) is 2.29. The highest BCUT2D eigenvalue weighted by atomic mass is 32.1. The fraction of sp³-hybridized carbons (Fsp3) is 0.167. The standard InChI is InChI=1S/C12H11N3S/c1-8-3-4-15-6-10(14-12(15)5-8)11-7-16-9(2)13-11/h3-7H,1-2H3. The molecule has 0 radical (unpaired) electrons. The van der Waals surface area contributed by atoms with Gasteiger partial charge in [0.25, 0.3) is 0 Å². The Morgan fingerprint density at radius 1 is 1.19 bits per heavy atom. The van der Waals surface area contributed by atoms with E-state index in [2.05, 4.69) is 29.0 Å². The molecule has 0 N–H and O–H groups in total. The van der Waals surface area contributed by atoms with Gasteiger partial charge in [0.15, 0.2) is 0 Å². The average molecular weight is 229 g/mol. The van der Waals surface area contributed by atoms with Crippen molar-refractivity contribution in [1.29, 1.82) is 0 Å². The molecule has 0 aliphatic heterocycles. The van der Waals surface area contributed by atoms with Gasteiger partial charge in [0.1, 0.15) is 17.0 Å². The minimum Gasteiger partial charge on any atom is -0.306 e. The predicted octanol–water partition coefficient (Wildman–Crippen LogP) is 3.07. The second kappa shape index (κ2) is 3.42. The maximum absolute atomic E-state index is 4.56. The van der Waals surface area contributed by atoms with E-state index >= 15 is 0 Å². The Morgan fingerprint density at radius 2 is 2.06 bits per heavy atom. The van der Waals surface area contributed by atoms with Crippen molar-refractivity contribution in [1.82, 2.24) is 14.4 Å². The first kappa shape index (κ1) is 9.54. The van der Waals surface area contributed by atoms with Gasteiger partial charge in [0.2, 0.25) is 0 Å². The first-order valence-corrected chi connectivity index (χ1v) is 5.98. The van der Waals surface area contributed by atoms with Crippen LogP contribution in [0.25, 0.3) is 17.0 Å². The van der Waals surface area contributed by atoms with E-state index in [9.17, 15) is 0 Å². The lowest BCUT2D eigenvalue weighted by Gasteiger charge is -1.92. The summed E-state index contributed by atoms with van der Waals surface area (Å²) in [6.07, 6.45) is 4.05. The molecule has 3 aromatic heterocycles. The molecule has 3 heterocycles. The van der Waals surface area contributed by atoms with Crippen LogP contribution >= 0.6 is 11.3 Å². The molecule has 0 bridgehead atoms. The molecule has 3 nitrogen and oxygen atoms in total. The molecule has 0 atom stereocenters. The number of aryl methyl sites for hydroxylation is 2. The number of fused-ring (bicyclic) bond motifs is 1. The zero-order chi connectivity index (χ0) is 11.1. The van der Waals surface area contributed by atoms with Crippen molar-refractivity contribution in [2.45, 2.75) is 13.8 Å². The van der Waals surface area contributed by atoms with E-state index in [1.165, 1.54) is 5.56 Å². The van der Waals surface area contributed by atoms with E-state index < -0.39 is 0 Å². The van der Waals surface area contributed by atoms with Gasteiger partial charge in [-0.1, -0.05) is 0 Å². The van der Waals surface area contributed by atoms with Crippen LogP contribution < -0.4 is 0 Å². The third-order valence-electron chi connectivity index (χ3n) is 2.50. The van der Waals surface area contributed by atoms with Crippen molar-refractivity contribution in [3.05, 3.63) is 40.5 Å². The molecule has 0 spiro atoms. The highest BCUT2D eigenvalue weighted by Crippen LogP contribution is 2.21. The molecule has 0 aliphatic rings. The van der Waals surface area contributed by atoms with Crippen LogP contribution in [0.5, 0.6) is 0 Å². The molecule has 0 saturated carbocycles. The number of pyridine rings is 1. The van der Waals surface area contributed by atoms with Gasteiger partial charge in [0.05, 0.1) is 5.01 Å². The lowest BCUT2D eigenvalue weighted by Crippen LogP contribution is -1.81. The quantitative estimate of drug-likeness (QED) is 0.642. The first-order valence-electron chi connectivity index (χ1n) is 5.10. The lowest BCUT2D eigenvalue weighted by molar-refractivity contribution is 1.17. The summed E-state index contributed by atoms with van der Waals surface area (Å²) < 4.78 is 2.02. The Morgan fingerprint density at radius 3 is 2.81 bits per heavy atom. The van der Waals surface area contributed by atoms with Crippen LogP contribution in [-0.2, 0) is 0 Å². The number of rotatable bonds is 1. The summed E-state index contributed by atoms with van der Waals surface area (Å²) in [5.41, 5.74) is 4.10. The lowest BCUT2D eigenvalue weighted by atomic mass is 10.3. The maximum Gasteiger partial charge on any atom is 0.137 e. The highest BCUT2D eigenvalue weighted by molar-refractivity contribution is 7.09. The van der Waals surface area contributed by atoms with Gasteiger partial charge >= 0.3 is 0 Å². The van der Waals surface area contributed by atoms with Gasteiger partial charge in [-0.2, -0.15) is 0 Å². The van der Waals surface area contributed by atoms with E-state index in [0.717, 1.165) is 22.0 Å². The number of imidazole rings is 1. The van der Waals surface area contributed by atoms with Crippen LogP contribution in [0.1, 0.15) is 10.6 Å². The Hall–Kier alpha value is -1.68. The van der Waals surface area contributed by atoms with Crippen molar-refractivity contribution in [3.8, 4) is 11.4 Å². The minimum absolute atomic E-state index is 0.940. The van der Waals surface area contributed by atoms with Gasteiger partial charge in [-0.15, -0.1) is 11.3 Å². The Balaban J connectivity index is 2.18. The molecule has 4 heteroatoms. The zero-order valence-electron chi connectivity index (χ0n) is 9.14. The Kier molecular flexibility index (Phi) is 2.04. The first-order chi connectivity index (χ1) is 7.72. The fourth-order valence-electron chi connectivity index (χ4n) is 1.69. The zero-order valence-corrected chi connectivity index (χ0v) is 9.95. The van der Waals surface area contributed by atoms with Crippen LogP contribution in [0.3, 0.4) is 0 Å². The second-order valence-corrected chi connectivity index (χ2v) is 4.91. The van der Waals surface area contributed by atoms with Crippen molar-refractivity contribution in [2.75, 3.05) is 0 Å². The number of aromatic nitrogens is 3. The van der Waals surface area contributed by atoms with E-state index in [-0.39, 0.29) is 0 Å². The molecule has 0 saturated heterocycles. The largest absolute Gasteiger partial charge is 0.306 e. The third-order valence-corrected chi connectivity index (χ3v) is 3.27. The molecular weight excluding hydrogens is 218 g/mol. The van der Waals surface area contributed by atoms with Crippen molar-refractivity contribution in [2.24, 2.45) is 0 Å². The molecule has 0 fully saturated rings. The average Bonchev–Trinajstić information content (AvgIpc) is 2.83. The Labute approximate surface area is 97.4 Å². The van der Waals surface area contributed by atoms with E-state index in [1.54, 1.807) is 11.3 Å². The maximum atomic E-state index is 4.56. The smallest absolute Gasteiger partial charge is 0.137 e. The van der Waals surface area contributed by atoms with Crippen LogP contribution in [0.2, 0.25) is 0 Å². The minimum atomic E-state index is 0.940. The normalized spacial score (nSPS) is 11.1. The summed E-state index contributed by atoms with van der Waals surface area (Å²) >= 11 is 1.65. The summed E-state index contributed by atoms with van der Waals surface area (Å²) in [5, 5.41) is 3.12. The van der Waals surface area contributed by atoms with Crippen molar-refractivity contribution >= 4 is 17.0 Å². The van der Waals surface area contributed by atoms with Gasteiger partial charge in [-0.05, 0) is 31.5 Å². The number of hydrogen-bond donors (Lipinski definition) is 0. The van der Waals surface area contributed by atoms with E-state index in [1.807, 2.05) is 29.1 Å². The predicted molar refractivity (Wildman–Crippen MR) is 65.8 cm³/mol. The summed E-state index contributed by atoms with van der Waals surface area (Å²) in [6, 6.07) is 4.15. The van der Waals surface area contributed by atoms with Crippen LogP contribution in [0.4, 0.5) is 0 Å². The second-order valence-electron chi connectivity index (χ2n) is 3.85. The summed E-state index contributed by atoms with van der Waals surface area (Å²) in [5.74, 6) is 0. The molecule has 80 valence electrons. The summed E-state index contributed by atoms with van der Waals surface area (Å²) in [4.78, 5) is 9.01. The molecule has 0 unspecified atom stereocenters. The van der Waals surface area contributed by atoms with Crippen LogP contribution in [-0.4, -0.2) is 14.4 Å².